The van der Waals surface area contributed by atoms with Gasteiger partial charge in [0.25, 0.3) is 0 Å². The van der Waals surface area contributed by atoms with E-state index < -0.39 is 0 Å². The third kappa shape index (κ3) is 2.73. The van der Waals surface area contributed by atoms with Crippen molar-refractivity contribution < 1.29 is 19.3 Å². The van der Waals surface area contributed by atoms with E-state index in [4.69, 9.17) is 19.9 Å². The maximum absolute atomic E-state index is 9.94. The lowest BCUT2D eigenvalue weighted by Crippen LogP contribution is -2.23. The number of phenolic OH excluding ortho intramolecular Hbond substituents is 1. The maximum atomic E-state index is 9.94. The quantitative estimate of drug-likeness (QED) is 0.660. The molecule has 1 aromatic carbocycles. The van der Waals surface area contributed by atoms with E-state index in [1.54, 1.807) is 24.5 Å². The fourth-order valence-electron chi connectivity index (χ4n) is 2.37. The van der Waals surface area contributed by atoms with Gasteiger partial charge in [-0.25, -0.2) is 0 Å². The highest BCUT2D eigenvalue weighted by Crippen LogP contribution is 2.33. The molecule has 2 aliphatic rings. The van der Waals surface area contributed by atoms with Crippen molar-refractivity contribution in [2.24, 2.45) is 0 Å². The zero-order chi connectivity index (χ0) is 14.8. The van der Waals surface area contributed by atoms with Crippen LogP contribution in [-0.2, 0) is 14.2 Å². The Hall–Kier alpha value is -2.40. The normalized spacial score (nSPS) is 21.5. The number of phenols is 1. The molecule has 3 N–H and O–H groups in total. The average molecular weight is 287 g/mol. The Bertz CT molecular complexity index is 633. The smallest absolute Gasteiger partial charge is 0.230 e. The minimum Gasteiger partial charge on any atom is -0.508 e. The highest BCUT2D eigenvalue weighted by molar-refractivity contribution is 5.48. The van der Waals surface area contributed by atoms with Gasteiger partial charge in [-0.05, 0) is 31.2 Å². The number of hydrogen-bond acceptors (Lipinski definition) is 5. The number of benzene rings is 1. The molecule has 0 bridgehead atoms. The van der Waals surface area contributed by atoms with Crippen LogP contribution in [0.4, 0.5) is 5.69 Å². The van der Waals surface area contributed by atoms with Crippen LogP contribution < -0.4 is 5.73 Å². The Labute approximate surface area is 122 Å². The molecule has 2 unspecified atom stereocenters. The minimum absolute atomic E-state index is 0.164. The van der Waals surface area contributed by atoms with E-state index in [-0.39, 0.29) is 24.8 Å². The standard InChI is InChI=1S/C16H17NO4/c1-10(12-7-11(17)5-6-14(12)18)21-16-4-2-3-15-13(16)8-19-9-20-15/h2-8,10,16,18H,9,17H2,1H3. The Balaban J connectivity index is 1.80. The van der Waals surface area contributed by atoms with Gasteiger partial charge < -0.3 is 25.1 Å². The van der Waals surface area contributed by atoms with Crippen molar-refractivity contribution in [3.8, 4) is 5.75 Å². The predicted molar refractivity (Wildman–Crippen MR) is 78.2 cm³/mol. The summed E-state index contributed by atoms with van der Waals surface area (Å²) < 4.78 is 16.6. The van der Waals surface area contributed by atoms with Crippen LogP contribution in [0.25, 0.3) is 0 Å². The van der Waals surface area contributed by atoms with E-state index in [9.17, 15) is 5.11 Å². The second-order valence-electron chi connectivity index (χ2n) is 4.94. The van der Waals surface area contributed by atoms with Crippen molar-refractivity contribution in [1.29, 1.82) is 0 Å². The van der Waals surface area contributed by atoms with Crippen LogP contribution in [0.5, 0.6) is 5.75 Å². The molecule has 0 saturated heterocycles. The maximum Gasteiger partial charge on any atom is 0.230 e. The Morgan fingerprint density at radius 2 is 2.29 bits per heavy atom. The number of ether oxygens (including phenoxy) is 3. The molecule has 110 valence electrons. The van der Waals surface area contributed by atoms with Gasteiger partial charge >= 0.3 is 0 Å². The molecule has 0 saturated carbocycles. The largest absolute Gasteiger partial charge is 0.508 e. The summed E-state index contributed by atoms with van der Waals surface area (Å²) in [5.74, 6) is 0.912. The van der Waals surface area contributed by atoms with E-state index in [0.29, 0.717) is 11.3 Å². The van der Waals surface area contributed by atoms with Crippen molar-refractivity contribution in [1.82, 2.24) is 0 Å². The number of nitrogen functional groups attached to an aromatic ring is 1. The van der Waals surface area contributed by atoms with Gasteiger partial charge in [-0.15, -0.1) is 0 Å². The van der Waals surface area contributed by atoms with Crippen LogP contribution in [0.3, 0.4) is 0 Å². The number of nitrogens with two attached hydrogens (primary N) is 1. The number of hydrogen-bond donors (Lipinski definition) is 2. The second kappa shape index (κ2) is 5.54. The van der Waals surface area contributed by atoms with E-state index in [0.717, 1.165) is 11.3 Å². The van der Waals surface area contributed by atoms with Crippen molar-refractivity contribution in [2.45, 2.75) is 19.1 Å². The fourth-order valence-corrected chi connectivity index (χ4v) is 2.37. The number of rotatable bonds is 3. The Kier molecular flexibility index (Phi) is 3.58. The molecule has 1 heterocycles. The molecule has 3 rings (SSSR count). The summed E-state index contributed by atoms with van der Waals surface area (Å²) in [6.45, 7) is 2.08. The highest BCUT2D eigenvalue weighted by Gasteiger charge is 2.26. The van der Waals surface area contributed by atoms with Gasteiger partial charge in [0, 0.05) is 11.3 Å². The first kappa shape index (κ1) is 13.6. The highest BCUT2D eigenvalue weighted by atomic mass is 16.7. The molecule has 1 aliphatic carbocycles. The number of anilines is 1. The van der Waals surface area contributed by atoms with Crippen molar-refractivity contribution in [2.75, 3.05) is 12.5 Å². The van der Waals surface area contributed by atoms with Gasteiger partial charge in [-0.3, -0.25) is 0 Å². The first-order chi connectivity index (χ1) is 10.1. The predicted octanol–water partition coefficient (Wildman–Crippen LogP) is 2.76. The van der Waals surface area contributed by atoms with Crippen LogP contribution >= 0.6 is 0 Å². The SMILES string of the molecule is CC(OC1C=CC=C2OCOC=C21)c1cc(N)ccc1O. The summed E-state index contributed by atoms with van der Waals surface area (Å²) in [7, 11) is 0. The lowest BCUT2D eigenvalue weighted by Gasteiger charge is -2.28. The molecular formula is C16H17NO4. The number of aromatic hydroxyl groups is 1. The Morgan fingerprint density at radius 3 is 3.14 bits per heavy atom. The van der Waals surface area contributed by atoms with E-state index >= 15 is 0 Å². The van der Waals surface area contributed by atoms with E-state index in [2.05, 4.69) is 0 Å². The Morgan fingerprint density at radius 1 is 1.43 bits per heavy atom. The van der Waals surface area contributed by atoms with Gasteiger partial charge in [-0.1, -0.05) is 12.2 Å². The van der Waals surface area contributed by atoms with Gasteiger partial charge in [0.1, 0.15) is 17.6 Å². The van der Waals surface area contributed by atoms with Crippen LogP contribution in [0.2, 0.25) is 0 Å². The van der Waals surface area contributed by atoms with Crippen molar-refractivity contribution >= 4 is 5.69 Å². The van der Waals surface area contributed by atoms with Gasteiger partial charge in [0.15, 0.2) is 0 Å². The zero-order valence-corrected chi connectivity index (χ0v) is 11.7. The molecule has 1 aliphatic heterocycles. The molecule has 0 radical (unpaired) electrons. The van der Waals surface area contributed by atoms with Crippen molar-refractivity contribution in [3.05, 3.63) is 59.6 Å². The molecular weight excluding hydrogens is 270 g/mol. The van der Waals surface area contributed by atoms with Crippen LogP contribution in [0.1, 0.15) is 18.6 Å². The van der Waals surface area contributed by atoms with Crippen molar-refractivity contribution in [3.63, 3.8) is 0 Å². The molecule has 5 heteroatoms. The fraction of sp³-hybridized carbons (Fsp3) is 0.250. The second-order valence-corrected chi connectivity index (χ2v) is 4.94. The summed E-state index contributed by atoms with van der Waals surface area (Å²) in [5.41, 5.74) is 7.83. The number of allylic oxidation sites excluding steroid dienone is 2. The first-order valence-corrected chi connectivity index (χ1v) is 6.72. The van der Waals surface area contributed by atoms with Gasteiger partial charge in [0.05, 0.1) is 17.9 Å². The summed E-state index contributed by atoms with van der Waals surface area (Å²) in [5, 5.41) is 9.94. The lowest BCUT2D eigenvalue weighted by atomic mass is 10.0. The molecule has 2 atom stereocenters. The average Bonchev–Trinajstić information content (AvgIpc) is 2.50. The van der Waals surface area contributed by atoms with E-state index in [1.165, 1.54) is 0 Å². The molecule has 0 aromatic heterocycles. The summed E-state index contributed by atoms with van der Waals surface area (Å²) in [6, 6.07) is 4.93. The molecule has 21 heavy (non-hydrogen) atoms. The van der Waals surface area contributed by atoms with E-state index in [1.807, 2.05) is 25.2 Å². The molecule has 5 nitrogen and oxygen atoms in total. The molecule has 0 spiro atoms. The monoisotopic (exact) mass is 287 g/mol. The van der Waals surface area contributed by atoms with Crippen LogP contribution in [0, 0.1) is 0 Å². The summed E-state index contributed by atoms with van der Waals surface area (Å²) >= 11 is 0. The van der Waals surface area contributed by atoms with Crippen LogP contribution in [-0.4, -0.2) is 18.0 Å². The third-order valence-corrected chi connectivity index (χ3v) is 3.46. The van der Waals surface area contributed by atoms with Crippen LogP contribution in [0.15, 0.2) is 54.0 Å². The molecule has 1 aromatic rings. The summed E-state index contributed by atoms with van der Waals surface area (Å²) in [4.78, 5) is 0. The van der Waals surface area contributed by atoms with Gasteiger partial charge in [0.2, 0.25) is 6.79 Å². The number of fused-ring (bicyclic) bond motifs is 1. The topological polar surface area (TPSA) is 73.9 Å². The summed E-state index contributed by atoms with van der Waals surface area (Å²) in [6.07, 6.45) is 6.69. The third-order valence-electron chi connectivity index (χ3n) is 3.46. The zero-order valence-electron chi connectivity index (χ0n) is 11.7. The molecule has 0 amide bonds. The lowest BCUT2D eigenvalue weighted by molar-refractivity contribution is -0.00979. The van der Waals surface area contributed by atoms with Gasteiger partial charge in [-0.2, -0.15) is 0 Å². The minimum atomic E-state index is -0.328. The first-order valence-electron chi connectivity index (χ1n) is 6.72. The molecule has 0 fully saturated rings.